The van der Waals surface area contributed by atoms with Crippen LogP contribution in [0.4, 0.5) is 0 Å². The Hall–Kier alpha value is -1.78. The van der Waals surface area contributed by atoms with Gasteiger partial charge in [-0.25, -0.2) is 13.1 Å². The molecule has 2 aromatic carbocycles. The third kappa shape index (κ3) is 5.85. The van der Waals surface area contributed by atoms with Crippen LogP contribution < -0.4 is 4.72 Å². The van der Waals surface area contributed by atoms with Gasteiger partial charge in [0, 0.05) is 12.5 Å². The molecule has 1 unspecified atom stereocenters. The molecule has 0 amide bonds. The Labute approximate surface area is 164 Å². The molecule has 0 aliphatic heterocycles. The molecule has 0 bridgehead atoms. The van der Waals surface area contributed by atoms with Crippen molar-refractivity contribution < 1.29 is 8.42 Å². The zero-order valence-electron chi connectivity index (χ0n) is 16.2. The summed E-state index contributed by atoms with van der Waals surface area (Å²) in [4.78, 5) is 0.335. The Balaban J connectivity index is 1.71. The van der Waals surface area contributed by atoms with Gasteiger partial charge < -0.3 is 0 Å². The first-order valence-corrected chi connectivity index (χ1v) is 11.5. The van der Waals surface area contributed by atoms with E-state index in [4.69, 9.17) is 0 Å². The molecule has 0 saturated heterocycles. The molecular weight excluding hydrogens is 354 g/mol. The van der Waals surface area contributed by atoms with E-state index in [0.29, 0.717) is 11.4 Å². The van der Waals surface area contributed by atoms with Crippen LogP contribution in [0.5, 0.6) is 0 Å². The maximum absolute atomic E-state index is 12.7. The van der Waals surface area contributed by atoms with Crippen molar-refractivity contribution in [2.45, 2.75) is 62.7 Å². The highest BCUT2D eigenvalue weighted by Gasteiger charge is 2.28. The van der Waals surface area contributed by atoms with E-state index in [0.717, 1.165) is 12.0 Å². The minimum atomic E-state index is -3.49. The van der Waals surface area contributed by atoms with Crippen LogP contribution in [0.25, 0.3) is 0 Å². The fraction of sp³-hybridized carbons (Fsp3) is 0.435. The van der Waals surface area contributed by atoms with Crippen molar-refractivity contribution >= 4 is 10.0 Å². The Morgan fingerprint density at radius 3 is 2.19 bits per heavy atom. The van der Waals surface area contributed by atoms with Gasteiger partial charge in [-0.3, -0.25) is 0 Å². The lowest BCUT2D eigenvalue weighted by atomic mass is 9.85. The molecule has 0 heterocycles. The quantitative estimate of drug-likeness (QED) is 0.515. The first-order chi connectivity index (χ1) is 13.0. The van der Waals surface area contributed by atoms with Gasteiger partial charge in [0.2, 0.25) is 10.0 Å². The normalized spacial score (nSPS) is 16.7. The summed E-state index contributed by atoms with van der Waals surface area (Å²) in [5.74, 6) is 1.77. The summed E-state index contributed by atoms with van der Waals surface area (Å²) in [5, 5.41) is 0. The maximum Gasteiger partial charge on any atom is 0.240 e. The lowest BCUT2D eigenvalue weighted by Gasteiger charge is -2.18. The van der Waals surface area contributed by atoms with Crippen molar-refractivity contribution in [1.82, 2.24) is 4.72 Å². The number of hydrogen-bond donors (Lipinski definition) is 1. The van der Waals surface area contributed by atoms with Gasteiger partial charge in [0.15, 0.2) is 0 Å². The van der Waals surface area contributed by atoms with Crippen molar-refractivity contribution in [2.75, 3.05) is 6.54 Å². The molecule has 3 rings (SSSR count). The number of hydrogen-bond acceptors (Lipinski definition) is 2. The molecule has 1 saturated carbocycles. The number of aryl methyl sites for hydroxylation is 1. The zero-order chi connectivity index (χ0) is 19.1. The van der Waals surface area contributed by atoms with Gasteiger partial charge in [-0.1, -0.05) is 48.0 Å². The third-order valence-corrected chi connectivity index (χ3v) is 6.91. The minimum Gasteiger partial charge on any atom is -0.210 e. The van der Waals surface area contributed by atoms with E-state index in [1.165, 1.54) is 44.1 Å². The molecule has 1 fully saturated rings. The second-order valence-electron chi connectivity index (χ2n) is 7.64. The largest absolute Gasteiger partial charge is 0.240 e. The summed E-state index contributed by atoms with van der Waals surface area (Å²) in [6.45, 7) is 2.39. The molecule has 4 heteroatoms. The fourth-order valence-electron chi connectivity index (χ4n) is 3.83. The summed E-state index contributed by atoms with van der Waals surface area (Å²) in [5.41, 5.74) is 2.27. The molecule has 0 radical (unpaired) electrons. The van der Waals surface area contributed by atoms with Crippen LogP contribution in [0.3, 0.4) is 0 Å². The van der Waals surface area contributed by atoms with Crippen LogP contribution >= 0.6 is 0 Å². The van der Waals surface area contributed by atoms with Crippen LogP contribution in [-0.2, 0) is 10.0 Å². The highest BCUT2D eigenvalue weighted by Crippen LogP contribution is 2.33. The molecule has 1 N–H and O–H groups in total. The van der Waals surface area contributed by atoms with Gasteiger partial charge in [0.05, 0.1) is 30.1 Å². The first-order valence-electron chi connectivity index (χ1n) is 9.99. The van der Waals surface area contributed by atoms with Gasteiger partial charge in [0.1, 0.15) is 0 Å². The van der Waals surface area contributed by atoms with Gasteiger partial charge in [-0.15, -0.1) is 0 Å². The molecule has 0 aromatic heterocycles. The predicted molar refractivity (Wildman–Crippen MR) is 111 cm³/mol. The van der Waals surface area contributed by atoms with Crippen LogP contribution in [0.15, 0.2) is 59.5 Å². The first kappa shape index (κ1) is 20.0. The van der Waals surface area contributed by atoms with E-state index in [-0.39, 0.29) is 5.92 Å². The lowest BCUT2D eigenvalue weighted by Crippen LogP contribution is -2.29. The Kier molecular flexibility index (Phi) is 6.97. The topological polar surface area (TPSA) is 46.2 Å². The fourth-order valence-corrected chi connectivity index (χ4v) is 4.91. The summed E-state index contributed by atoms with van der Waals surface area (Å²) in [6, 6.07) is 17.3. The summed E-state index contributed by atoms with van der Waals surface area (Å²) in [6.07, 6.45) is 8.53. The van der Waals surface area contributed by atoms with Crippen LogP contribution in [0, 0.1) is 12.8 Å². The van der Waals surface area contributed by atoms with E-state index in [2.05, 4.69) is 16.9 Å². The van der Waals surface area contributed by atoms with Crippen molar-refractivity contribution in [1.29, 1.82) is 0 Å². The molecular formula is C23H30NO2S+. The molecule has 1 atom stereocenters. The highest BCUT2D eigenvalue weighted by molar-refractivity contribution is 7.89. The zero-order valence-corrected chi connectivity index (χ0v) is 17.0. The molecule has 1 aliphatic rings. The van der Waals surface area contributed by atoms with E-state index < -0.39 is 10.0 Å². The molecule has 144 valence electrons. The van der Waals surface area contributed by atoms with E-state index >= 15 is 0 Å². The van der Waals surface area contributed by atoms with Gasteiger partial charge in [-0.05, 0) is 50.3 Å². The number of rotatable bonds is 7. The van der Waals surface area contributed by atoms with Gasteiger partial charge in [0.25, 0.3) is 0 Å². The van der Waals surface area contributed by atoms with Crippen molar-refractivity contribution in [3.8, 4) is 0 Å². The van der Waals surface area contributed by atoms with Crippen molar-refractivity contribution in [3.63, 3.8) is 0 Å². The average molecular weight is 385 g/mol. The van der Waals surface area contributed by atoms with Crippen LogP contribution in [0.2, 0.25) is 0 Å². The SMILES string of the molecule is Cc1ccc(S(=O)(=O)NCC(C[C+]2CCCCCC2)c2ccccc2)cc1. The van der Waals surface area contributed by atoms with Gasteiger partial charge in [-0.2, -0.15) is 0 Å². The molecule has 1 aliphatic carbocycles. The van der Waals surface area contributed by atoms with E-state index in [9.17, 15) is 8.42 Å². The Bertz CT molecular complexity index is 792. The van der Waals surface area contributed by atoms with E-state index in [1.807, 2.05) is 37.3 Å². The minimum absolute atomic E-state index is 0.180. The molecule has 2 aromatic rings. The predicted octanol–water partition coefficient (Wildman–Crippen LogP) is 5.38. The van der Waals surface area contributed by atoms with Crippen molar-refractivity contribution in [3.05, 3.63) is 71.6 Å². The second-order valence-corrected chi connectivity index (χ2v) is 9.41. The number of sulfonamides is 1. The highest BCUT2D eigenvalue weighted by atomic mass is 32.2. The van der Waals surface area contributed by atoms with Crippen LogP contribution in [0.1, 0.15) is 62.0 Å². The average Bonchev–Trinajstić information content (AvgIpc) is 2.95. The Morgan fingerprint density at radius 1 is 0.926 bits per heavy atom. The summed E-state index contributed by atoms with van der Waals surface area (Å²) < 4.78 is 28.3. The third-order valence-electron chi connectivity index (χ3n) is 5.47. The monoisotopic (exact) mass is 384 g/mol. The van der Waals surface area contributed by atoms with E-state index in [1.54, 1.807) is 18.1 Å². The Morgan fingerprint density at radius 2 is 1.56 bits per heavy atom. The maximum atomic E-state index is 12.7. The molecule has 27 heavy (non-hydrogen) atoms. The molecule has 3 nitrogen and oxygen atoms in total. The van der Waals surface area contributed by atoms with Gasteiger partial charge >= 0.3 is 0 Å². The number of benzene rings is 2. The second kappa shape index (κ2) is 9.43. The van der Waals surface area contributed by atoms with Crippen molar-refractivity contribution in [2.24, 2.45) is 0 Å². The smallest absolute Gasteiger partial charge is 0.210 e. The summed E-state index contributed by atoms with van der Waals surface area (Å²) >= 11 is 0. The number of nitrogens with one attached hydrogen (secondary N) is 1. The van der Waals surface area contributed by atoms with Crippen LogP contribution in [-0.4, -0.2) is 15.0 Å². The lowest BCUT2D eigenvalue weighted by molar-refractivity contribution is 0.542. The standard InChI is InChI=1S/C23H30NO2S/c1-19-13-15-23(16-14-19)27(25,26)24-18-22(21-11-7-4-8-12-21)17-20-9-5-2-3-6-10-20/h4,7-8,11-16,22,24H,2-3,5-6,9-10,17-18H2,1H3/q+1. The summed E-state index contributed by atoms with van der Waals surface area (Å²) in [7, 11) is -3.49. The molecule has 0 spiro atoms.